The first-order valence-corrected chi connectivity index (χ1v) is 6.60. The fourth-order valence-electron chi connectivity index (χ4n) is 2.13. The molecule has 0 aliphatic heterocycles. The van der Waals surface area contributed by atoms with E-state index in [0.717, 1.165) is 16.6 Å². The van der Waals surface area contributed by atoms with Crippen LogP contribution in [0.4, 0.5) is 5.95 Å². The number of fused-ring (bicyclic) bond motifs is 1. The van der Waals surface area contributed by atoms with Crippen molar-refractivity contribution in [3.05, 3.63) is 23.8 Å². The number of hydrogen-bond acceptors (Lipinski definition) is 4. The molecule has 2 rings (SSSR count). The van der Waals surface area contributed by atoms with E-state index >= 15 is 0 Å². The molecule has 1 amide bonds. The Morgan fingerprint density at radius 1 is 1.50 bits per heavy atom. The first-order chi connectivity index (χ1) is 9.63. The Morgan fingerprint density at radius 3 is 3.05 bits per heavy atom. The maximum atomic E-state index is 11.7. The Labute approximate surface area is 117 Å². The van der Waals surface area contributed by atoms with E-state index in [9.17, 15) is 4.79 Å². The Hall–Kier alpha value is -2.08. The Bertz CT molecular complexity index is 606. The van der Waals surface area contributed by atoms with Crippen molar-refractivity contribution in [1.29, 1.82) is 0 Å². The van der Waals surface area contributed by atoms with Crippen molar-refractivity contribution in [2.24, 2.45) is 0 Å². The summed E-state index contributed by atoms with van der Waals surface area (Å²) in [5.74, 6) is 0.426. The van der Waals surface area contributed by atoms with Crippen LogP contribution < -0.4 is 11.1 Å². The molecule has 0 atom stereocenters. The molecule has 0 fully saturated rings. The standard InChI is InChI=1S/C14H20N4O2/c1-10-4-3-5-11-13(10)17-14(15)18(11)8-6-12(19)16-7-9-20-2/h3-5H,6-9H2,1-2H3,(H2,15,17)(H,16,19). The number of aryl methyl sites for hydroxylation is 2. The molecular formula is C14H20N4O2. The fraction of sp³-hybridized carbons (Fsp3) is 0.429. The maximum absolute atomic E-state index is 11.7. The molecule has 0 bridgehead atoms. The van der Waals surface area contributed by atoms with Crippen molar-refractivity contribution < 1.29 is 9.53 Å². The molecule has 108 valence electrons. The highest BCUT2D eigenvalue weighted by Crippen LogP contribution is 2.21. The number of benzene rings is 1. The minimum Gasteiger partial charge on any atom is -0.383 e. The minimum absolute atomic E-state index is 0.0176. The summed E-state index contributed by atoms with van der Waals surface area (Å²) in [5.41, 5.74) is 8.87. The summed E-state index contributed by atoms with van der Waals surface area (Å²) in [5, 5.41) is 2.79. The molecule has 0 spiro atoms. The highest BCUT2D eigenvalue weighted by molar-refractivity contribution is 5.82. The molecule has 6 nitrogen and oxygen atoms in total. The van der Waals surface area contributed by atoms with Crippen molar-refractivity contribution in [3.8, 4) is 0 Å². The molecule has 0 saturated carbocycles. The molecule has 1 aromatic carbocycles. The summed E-state index contributed by atoms with van der Waals surface area (Å²) in [6.07, 6.45) is 0.368. The zero-order valence-electron chi connectivity index (χ0n) is 11.8. The number of hydrogen-bond donors (Lipinski definition) is 2. The largest absolute Gasteiger partial charge is 0.383 e. The molecule has 1 heterocycles. The average Bonchev–Trinajstić information content (AvgIpc) is 2.74. The Kier molecular flexibility index (Phi) is 4.57. The van der Waals surface area contributed by atoms with Gasteiger partial charge in [0, 0.05) is 26.6 Å². The third kappa shape index (κ3) is 3.08. The lowest BCUT2D eigenvalue weighted by Crippen LogP contribution is -2.27. The molecule has 0 saturated heterocycles. The number of methoxy groups -OCH3 is 1. The SMILES string of the molecule is COCCNC(=O)CCn1c(N)nc2c(C)cccc21. The van der Waals surface area contributed by atoms with Gasteiger partial charge in [-0.1, -0.05) is 12.1 Å². The van der Waals surface area contributed by atoms with Gasteiger partial charge in [0.25, 0.3) is 0 Å². The smallest absolute Gasteiger partial charge is 0.221 e. The number of amides is 1. The van der Waals surface area contributed by atoms with Gasteiger partial charge in [-0.05, 0) is 18.6 Å². The molecule has 3 N–H and O–H groups in total. The van der Waals surface area contributed by atoms with Crippen molar-refractivity contribution in [2.45, 2.75) is 19.9 Å². The quantitative estimate of drug-likeness (QED) is 0.773. The average molecular weight is 276 g/mol. The molecule has 2 aromatic rings. The number of rotatable bonds is 6. The molecule has 0 unspecified atom stereocenters. The lowest BCUT2D eigenvalue weighted by Gasteiger charge is -2.07. The van der Waals surface area contributed by atoms with Crippen LogP contribution in [-0.2, 0) is 16.1 Å². The van der Waals surface area contributed by atoms with Crippen LogP contribution in [0.2, 0.25) is 0 Å². The third-order valence-electron chi connectivity index (χ3n) is 3.20. The second kappa shape index (κ2) is 6.38. The number of nitrogens with one attached hydrogen (secondary N) is 1. The van der Waals surface area contributed by atoms with Crippen LogP contribution in [-0.4, -0.2) is 35.7 Å². The fourth-order valence-corrected chi connectivity index (χ4v) is 2.13. The zero-order chi connectivity index (χ0) is 14.5. The number of nitrogens with two attached hydrogens (primary N) is 1. The molecule has 20 heavy (non-hydrogen) atoms. The first-order valence-electron chi connectivity index (χ1n) is 6.60. The number of ether oxygens (including phenoxy) is 1. The predicted molar refractivity (Wildman–Crippen MR) is 78.4 cm³/mol. The van der Waals surface area contributed by atoms with Crippen LogP contribution in [0.3, 0.4) is 0 Å². The van der Waals surface area contributed by atoms with Crippen LogP contribution >= 0.6 is 0 Å². The number of anilines is 1. The van der Waals surface area contributed by atoms with Crippen LogP contribution in [0.5, 0.6) is 0 Å². The number of para-hydroxylation sites is 1. The van der Waals surface area contributed by atoms with Gasteiger partial charge in [-0.15, -0.1) is 0 Å². The van der Waals surface area contributed by atoms with Gasteiger partial charge in [-0.2, -0.15) is 0 Å². The summed E-state index contributed by atoms with van der Waals surface area (Å²) < 4.78 is 6.76. The first kappa shape index (κ1) is 14.3. The third-order valence-corrected chi connectivity index (χ3v) is 3.20. The van der Waals surface area contributed by atoms with Crippen molar-refractivity contribution in [2.75, 3.05) is 26.0 Å². The van der Waals surface area contributed by atoms with Crippen molar-refractivity contribution in [3.63, 3.8) is 0 Å². The monoisotopic (exact) mass is 276 g/mol. The van der Waals surface area contributed by atoms with Crippen LogP contribution in [0.25, 0.3) is 11.0 Å². The van der Waals surface area contributed by atoms with E-state index in [1.54, 1.807) is 7.11 Å². The van der Waals surface area contributed by atoms with E-state index in [2.05, 4.69) is 10.3 Å². The molecule has 6 heteroatoms. The summed E-state index contributed by atoms with van der Waals surface area (Å²) >= 11 is 0. The van der Waals surface area contributed by atoms with Crippen molar-refractivity contribution in [1.82, 2.24) is 14.9 Å². The van der Waals surface area contributed by atoms with Gasteiger partial charge in [0.15, 0.2) is 0 Å². The highest BCUT2D eigenvalue weighted by atomic mass is 16.5. The summed E-state index contributed by atoms with van der Waals surface area (Å²) in [4.78, 5) is 16.0. The van der Waals surface area contributed by atoms with Crippen LogP contribution in [0.1, 0.15) is 12.0 Å². The zero-order valence-corrected chi connectivity index (χ0v) is 11.8. The van der Waals surface area contributed by atoms with E-state index in [4.69, 9.17) is 10.5 Å². The topological polar surface area (TPSA) is 82.2 Å². The predicted octanol–water partition coefficient (Wildman–Crippen LogP) is 1.08. The normalized spacial score (nSPS) is 10.9. The molecule has 0 radical (unpaired) electrons. The molecule has 0 aliphatic rings. The van der Waals surface area contributed by atoms with Gasteiger partial charge in [0.05, 0.1) is 17.6 Å². The molecule has 0 aliphatic carbocycles. The van der Waals surface area contributed by atoms with E-state index in [1.165, 1.54) is 0 Å². The van der Waals surface area contributed by atoms with E-state index in [0.29, 0.717) is 32.1 Å². The number of nitrogens with zero attached hydrogens (tertiary/aromatic N) is 2. The van der Waals surface area contributed by atoms with E-state index in [-0.39, 0.29) is 5.91 Å². The van der Waals surface area contributed by atoms with E-state index in [1.807, 2.05) is 29.7 Å². The maximum Gasteiger partial charge on any atom is 0.221 e. The number of nitrogen functional groups attached to an aromatic ring is 1. The number of carbonyl (C=O) groups is 1. The lowest BCUT2D eigenvalue weighted by atomic mass is 10.2. The van der Waals surface area contributed by atoms with Crippen LogP contribution in [0, 0.1) is 6.92 Å². The summed E-state index contributed by atoms with van der Waals surface area (Å²) in [7, 11) is 1.60. The van der Waals surface area contributed by atoms with Gasteiger partial charge >= 0.3 is 0 Å². The van der Waals surface area contributed by atoms with Gasteiger partial charge in [0.2, 0.25) is 11.9 Å². The van der Waals surface area contributed by atoms with E-state index < -0.39 is 0 Å². The highest BCUT2D eigenvalue weighted by Gasteiger charge is 2.10. The lowest BCUT2D eigenvalue weighted by molar-refractivity contribution is -0.121. The van der Waals surface area contributed by atoms with Gasteiger partial charge < -0.3 is 20.4 Å². The number of aromatic nitrogens is 2. The minimum atomic E-state index is -0.0176. The van der Waals surface area contributed by atoms with Crippen molar-refractivity contribution >= 4 is 22.9 Å². The Morgan fingerprint density at radius 2 is 2.30 bits per heavy atom. The van der Waals surface area contributed by atoms with Gasteiger partial charge in [-0.3, -0.25) is 4.79 Å². The molecule has 1 aromatic heterocycles. The Balaban J connectivity index is 2.05. The van der Waals surface area contributed by atoms with Gasteiger partial charge in [-0.25, -0.2) is 4.98 Å². The molecular weight excluding hydrogens is 256 g/mol. The summed E-state index contributed by atoms with van der Waals surface area (Å²) in [6, 6.07) is 5.93. The number of carbonyl (C=O) groups excluding carboxylic acids is 1. The second-order valence-corrected chi connectivity index (χ2v) is 4.66. The van der Waals surface area contributed by atoms with Gasteiger partial charge in [0.1, 0.15) is 0 Å². The van der Waals surface area contributed by atoms with Crippen LogP contribution in [0.15, 0.2) is 18.2 Å². The number of imidazole rings is 1. The summed E-state index contributed by atoms with van der Waals surface area (Å²) in [6.45, 7) is 3.55. The second-order valence-electron chi connectivity index (χ2n) is 4.66.